The Morgan fingerprint density at radius 2 is 1.92 bits per heavy atom. The number of carboxylic acid groups (broad SMARTS) is 2. The van der Waals surface area contributed by atoms with Crippen molar-refractivity contribution in [1.82, 2.24) is 0 Å². The first-order chi connectivity index (χ1) is 5.42. The summed E-state index contributed by atoms with van der Waals surface area (Å²) in [4.78, 5) is 20.8. The quantitative estimate of drug-likeness (QED) is 0.516. The van der Waals surface area contributed by atoms with Crippen LogP contribution in [0.25, 0.3) is 0 Å². The average Bonchev–Trinajstić information content (AvgIpc) is 1.99. The number of quaternary nitrogens is 1. The van der Waals surface area contributed by atoms with E-state index in [0.29, 0.717) is 6.42 Å². The first-order valence-electron chi connectivity index (χ1n) is 3.73. The SMILES string of the molecule is CCC([NH3+])(CCC(=O)O)C(=O)O. The molecule has 5 N–H and O–H groups in total. The highest BCUT2D eigenvalue weighted by Crippen LogP contribution is 2.11. The molecule has 0 aliphatic carbocycles. The van der Waals surface area contributed by atoms with Gasteiger partial charge in [0.15, 0.2) is 5.54 Å². The summed E-state index contributed by atoms with van der Waals surface area (Å²) in [6, 6.07) is 0. The van der Waals surface area contributed by atoms with Gasteiger partial charge in [-0.15, -0.1) is 0 Å². The number of carbonyl (C=O) groups is 2. The van der Waals surface area contributed by atoms with Crippen LogP contribution in [0.3, 0.4) is 0 Å². The van der Waals surface area contributed by atoms with Gasteiger partial charge in [-0.05, 0) is 0 Å². The Balaban J connectivity index is 4.15. The Bertz CT molecular complexity index is 192. The van der Waals surface area contributed by atoms with E-state index in [4.69, 9.17) is 10.2 Å². The van der Waals surface area contributed by atoms with Crippen molar-refractivity contribution in [3.05, 3.63) is 0 Å². The number of hydrogen-bond acceptors (Lipinski definition) is 2. The summed E-state index contributed by atoms with van der Waals surface area (Å²) in [7, 11) is 0. The zero-order chi connectivity index (χ0) is 9.78. The molecule has 12 heavy (non-hydrogen) atoms. The Labute approximate surface area is 70.2 Å². The lowest BCUT2D eigenvalue weighted by molar-refractivity contribution is -0.464. The van der Waals surface area contributed by atoms with Crippen molar-refractivity contribution in [1.29, 1.82) is 0 Å². The van der Waals surface area contributed by atoms with Crippen LogP contribution in [0, 0.1) is 0 Å². The summed E-state index contributed by atoms with van der Waals surface area (Å²) in [5, 5.41) is 17.0. The summed E-state index contributed by atoms with van der Waals surface area (Å²) >= 11 is 0. The van der Waals surface area contributed by atoms with Gasteiger partial charge in [0.2, 0.25) is 0 Å². The molecule has 0 saturated carbocycles. The third-order valence-electron chi connectivity index (χ3n) is 1.95. The fourth-order valence-electron chi connectivity index (χ4n) is 0.781. The predicted molar refractivity (Wildman–Crippen MR) is 40.4 cm³/mol. The largest absolute Gasteiger partial charge is 0.481 e. The van der Waals surface area contributed by atoms with Gasteiger partial charge < -0.3 is 15.9 Å². The van der Waals surface area contributed by atoms with Crippen LogP contribution >= 0.6 is 0 Å². The number of hydrogen-bond donors (Lipinski definition) is 3. The van der Waals surface area contributed by atoms with Crippen molar-refractivity contribution >= 4 is 11.9 Å². The normalized spacial score (nSPS) is 15.2. The summed E-state index contributed by atoms with van der Waals surface area (Å²) in [5.41, 5.74) is 2.36. The molecular weight excluding hydrogens is 162 g/mol. The molecule has 0 radical (unpaired) electrons. The highest BCUT2D eigenvalue weighted by molar-refractivity contribution is 5.77. The van der Waals surface area contributed by atoms with Gasteiger partial charge in [-0.3, -0.25) is 4.79 Å². The lowest BCUT2D eigenvalue weighted by Gasteiger charge is -2.17. The molecule has 0 fully saturated rings. The van der Waals surface area contributed by atoms with Crippen LogP contribution < -0.4 is 5.73 Å². The fourth-order valence-corrected chi connectivity index (χ4v) is 0.781. The smallest absolute Gasteiger partial charge is 0.365 e. The molecule has 0 heterocycles. The molecule has 5 nitrogen and oxygen atoms in total. The number of aliphatic carboxylic acids is 2. The summed E-state index contributed by atoms with van der Waals surface area (Å²) in [6.07, 6.45) is 0.271. The molecule has 0 aromatic heterocycles. The van der Waals surface area contributed by atoms with Crippen molar-refractivity contribution in [2.24, 2.45) is 0 Å². The zero-order valence-electron chi connectivity index (χ0n) is 7.04. The van der Waals surface area contributed by atoms with E-state index in [1.807, 2.05) is 0 Å². The number of rotatable bonds is 5. The maximum absolute atomic E-state index is 10.6. The minimum atomic E-state index is -1.14. The van der Waals surface area contributed by atoms with Gasteiger partial charge in [0.25, 0.3) is 0 Å². The molecule has 0 saturated heterocycles. The molecule has 0 aliphatic heterocycles. The summed E-state index contributed by atoms with van der Waals surface area (Å²) in [6.45, 7) is 1.68. The third kappa shape index (κ3) is 2.87. The van der Waals surface area contributed by atoms with E-state index < -0.39 is 17.5 Å². The lowest BCUT2D eigenvalue weighted by Crippen LogP contribution is -2.76. The van der Waals surface area contributed by atoms with Crippen molar-refractivity contribution < 1.29 is 25.5 Å². The van der Waals surface area contributed by atoms with Gasteiger partial charge in [0, 0.05) is 12.8 Å². The first-order valence-corrected chi connectivity index (χ1v) is 3.73. The maximum atomic E-state index is 10.6. The topological polar surface area (TPSA) is 102 Å². The third-order valence-corrected chi connectivity index (χ3v) is 1.95. The lowest BCUT2D eigenvalue weighted by atomic mass is 9.92. The van der Waals surface area contributed by atoms with Gasteiger partial charge in [0.1, 0.15) is 0 Å². The van der Waals surface area contributed by atoms with E-state index in [9.17, 15) is 9.59 Å². The molecule has 0 aromatic rings. The Morgan fingerprint density at radius 1 is 1.42 bits per heavy atom. The maximum Gasteiger partial charge on any atom is 0.365 e. The van der Waals surface area contributed by atoms with Crippen LogP contribution in [0.5, 0.6) is 0 Å². The second-order valence-electron chi connectivity index (χ2n) is 2.83. The van der Waals surface area contributed by atoms with Gasteiger partial charge in [-0.2, -0.15) is 0 Å². The molecule has 0 amide bonds. The highest BCUT2D eigenvalue weighted by atomic mass is 16.4. The minimum absolute atomic E-state index is 0.0775. The fraction of sp³-hybridized carbons (Fsp3) is 0.714. The van der Waals surface area contributed by atoms with Crippen molar-refractivity contribution in [2.45, 2.75) is 31.7 Å². The molecule has 1 unspecified atom stereocenters. The molecule has 70 valence electrons. The first kappa shape index (κ1) is 10.9. The van der Waals surface area contributed by atoms with Crippen molar-refractivity contribution in [2.75, 3.05) is 0 Å². The summed E-state index contributed by atoms with van der Waals surface area (Å²) in [5.74, 6) is -2.02. The van der Waals surface area contributed by atoms with Crippen LogP contribution in [0.2, 0.25) is 0 Å². The molecule has 0 aromatic carbocycles. The molecule has 0 spiro atoms. The molecule has 0 rings (SSSR count). The molecule has 0 aliphatic rings. The van der Waals surface area contributed by atoms with Crippen LogP contribution in [-0.2, 0) is 9.59 Å². The minimum Gasteiger partial charge on any atom is -0.481 e. The van der Waals surface area contributed by atoms with Gasteiger partial charge >= 0.3 is 11.9 Å². The monoisotopic (exact) mass is 176 g/mol. The van der Waals surface area contributed by atoms with Gasteiger partial charge in [-0.25, -0.2) is 4.79 Å². The van der Waals surface area contributed by atoms with E-state index >= 15 is 0 Å². The second-order valence-corrected chi connectivity index (χ2v) is 2.83. The van der Waals surface area contributed by atoms with Crippen molar-refractivity contribution in [3.8, 4) is 0 Å². The van der Waals surface area contributed by atoms with E-state index in [0.717, 1.165) is 0 Å². The van der Waals surface area contributed by atoms with E-state index in [-0.39, 0.29) is 12.8 Å². The van der Waals surface area contributed by atoms with E-state index in [2.05, 4.69) is 5.73 Å². The van der Waals surface area contributed by atoms with E-state index in [1.54, 1.807) is 6.92 Å². The standard InChI is InChI=1S/C7H13NO4/c1-2-7(8,6(11)12)4-3-5(9)10/h2-4,8H2,1H3,(H,9,10)(H,11,12)/p+1. The van der Waals surface area contributed by atoms with Crippen LogP contribution in [0.15, 0.2) is 0 Å². The molecule has 1 atom stereocenters. The number of carboxylic acids is 2. The second kappa shape index (κ2) is 4.06. The Morgan fingerprint density at radius 3 is 2.17 bits per heavy atom. The highest BCUT2D eigenvalue weighted by Gasteiger charge is 2.36. The van der Waals surface area contributed by atoms with Gasteiger partial charge in [-0.1, -0.05) is 6.92 Å². The van der Waals surface area contributed by atoms with E-state index in [1.165, 1.54) is 0 Å². The van der Waals surface area contributed by atoms with Crippen LogP contribution in [0.4, 0.5) is 0 Å². The van der Waals surface area contributed by atoms with Gasteiger partial charge in [0.05, 0.1) is 6.42 Å². The average molecular weight is 176 g/mol. The van der Waals surface area contributed by atoms with Crippen molar-refractivity contribution in [3.63, 3.8) is 0 Å². The zero-order valence-corrected chi connectivity index (χ0v) is 7.04. The molecular formula is C7H14NO4+. The Kier molecular flexibility index (Phi) is 3.69. The van der Waals surface area contributed by atoms with Crippen LogP contribution in [0.1, 0.15) is 26.2 Å². The Hall–Kier alpha value is -1.10. The molecule has 5 heteroatoms. The summed E-state index contributed by atoms with van der Waals surface area (Å²) < 4.78 is 0. The molecule has 0 bridgehead atoms. The predicted octanol–water partition coefficient (Wildman–Crippen LogP) is -0.673. The van der Waals surface area contributed by atoms with Crippen LogP contribution in [-0.4, -0.2) is 27.7 Å².